The summed E-state index contributed by atoms with van der Waals surface area (Å²) in [5.74, 6) is -2.98. The first-order valence-electron chi connectivity index (χ1n) is 4.99. The van der Waals surface area contributed by atoms with Crippen LogP contribution in [0.2, 0.25) is 0 Å². The van der Waals surface area contributed by atoms with E-state index < -0.39 is 17.8 Å². The number of rotatable bonds is 4. The first kappa shape index (κ1) is 13.6. The van der Waals surface area contributed by atoms with Crippen LogP contribution in [0.3, 0.4) is 0 Å². The van der Waals surface area contributed by atoms with Crippen molar-refractivity contribution >= 4 is 35.0 Å². The molecule has 0 unspecified atom stereocenters. The van der Waals surface area contributed by atoms with Gasteiger partial charge in [-0.2, -0.15) is 11.3 Å². The number of aromatic carboxylic acids is 2. The summed E-state index contributed by atoms with van der Waals surface area (Å²) in [5.41, 5.74) is -0.0804. The molecule has 0 aliphatic heterocycles. The highest BCUT2D eigenvalue weighted by atomic mass is 32.2. The van der Waals surface area contributed by atoms with Gasteiger partial charge in [0.2, 0.25) is 0 Å². The lowest BCUT2D eigenvalue weighted by atomic mass is 10.2. The van der Waals surface area contributed by atoms with Crippen LogP contribution in [0, 0.1) is 5.82 Å². The van der Waals surface area contributed by atoms with Crippen molar-refractivity contribution in [2.75, 3.05) is 0 Å². The zero-order valence-electron chi connectivity index (χ0n) is 9.29. The standard InChI is InChI=1S/C12H7FO4S2/c13-6-1-2-9(7(3-6)11(14)15)19-10-5-18-4-8(10)12(16)17/h1-5H,(H,14,15)(H,16,17). The van der Waals surface area contributed by atoms with Crippen LogP contribution in [0.5, 0.6) is 0 Å². The number of hydrogen-bond donors (Lipinski definition) is 2. The van der Waals surface area contributed by atoms with Crippen molar-refractivity contribution < 1.29 is 24.2 Å². The molecule has 4 nitrogen and oxygen atoms in total. The largest absolute Gasteiger partial charge is 0.478 e. The summed E-state index contributed by atoms with van der Waals surface area (Å²) in [5, 5.41) is 21.1. The van der Waals surface area contributed by atoms with Gasteiger partial charge in [-0.05, 0) is 18.2 Å². The molecule has 0 bridgehead atoms. The number of carboxylic acid groups (broad SMARTS) is 2. The summed E-state index contributed by atoms with van der Waals surface area (Å²) in [6.45, 7) is 0. The molecule has 1 heterocycles. The van der Waals surface area contributed by atoms with E-state index >= 15 is 0 Å². The second kappa shape index (κ2) is 5.41. The highest BCUT2D eigenvalue weighted by molar-refractivity contribution is 7.99. The van der Waals surface area contributed by atoms with Crippen molar-refractivity contribution in [2.24, 2.45) is 0 Å². The Morgan fingerprint density at radius 1 is 1.05 bits per heavy atom. The molecule has 0 atom stereocenters. The number of benzene rings is 1. The van der Waals surface area contributed by atoms with Gasteiger partial charge in [0.05, 0.1) is 11.1 Å². The molecule has 7 heteroatoms. The van der Waals surface area contributed by atoms with Crippen molar-refractivity contribution in [3.05, 3.63) is 45.9 Å². The van der Waals surface area contributed by atoms with Gasteiger partial charge in [-0.15, -0.1) is 0 Å². The van der Waals surface area contributed by atoms with Crippen LogP contribution in [0.4, 0.5) is 4.39 Å². The van der Waals surface area contributed by atoms with E-state index in [1.165, 1.54) is 22.8 Å². The monoisotopic (exact) mass is 298 g/mol. The third kappa shape index (κ3) is 2.94. The zero-order chi connectivity index (χ0) is 14.0. The third-order valence-corrected chi connectivity index (χ3v) is 4.28. The molecule has 0 radical (unpaired) electrons. The Balaban J connectivity index is 2.41. The quantitative estimate of drug-likeness (QED) is 0.904. The van der Waals surface area contributed by atoms with Gasteiger partial charge in [-0.1, -0.05) is 11.8 Å². The fourth-order valence-corrected chi connectivity index (χ4v) is 3.40. The molecular formula is C12H7FO4S2. The van der Waals surface area contributed by atoms with Crippen molar-refractivity contribution in [1.29, 1.82) is 0 Å². The molecule has 2 aromatic rings. The first-order valence-corrected chi connectivity index (χ1v) is 6.75. The van der Waals surface area contributed by atoms with Crippen molar-refractivity contribution in [3.63, 3.8) is 0 Å². The van der Waals surface area contributed by atoms with E-state index in [0.29, 0.717) is 9.79 Å². The Hall–Kier alpha value is -1.86. The minimum Gasteiger partial charge on any atom is -0.478 e. The SMILES string of the molecule is O=C(O)c1cscc1Sc1ccc(F)cc1C(=O)O. The van der Waals surface area contributed by atoms with Gasteiger partial charge in [0.25, 0.3) is 0 Å². The molecule has 0 saturated carbocycles. The number of hydrogen-bond acceptors (Lipinski definition) is 4. The summed E-state index contributed by atoms with van der Waals surface area (Å²) in [6.07, 6.45) is 0. The molecule has 0 aliphatic carbocycles. The number of halogens is 1. The Morgan fingerprint density at radius 3 is 2.37 bits per heavy atom. The normalized spacial score (nSPS) is 10.4. The second-order valence-electron chi connectivity index (χ2n) is 3.50. The van der Waals surface area contributed by atoms with Crippen molar-refractivity contribution in [1.82, 2.24) is 0 Å². The summed E-state index contributed by atoms with van der Waals surface area (Å²) in [4.78, 5) is 22.7. The average molecular weight is 298 g/mol. The van der Waals surface area contributed by atoms with Gasteiger partial charge >= 0.3 is 11.9 Å². The van der Waals surface area contributed by atoms with Gasteiger partial charge < -0.3 is 10.2 Å². The van der Waals surface area contributed by atoms with Crippen LogP contribution in [0.1, 0.15) is 20.7 Å². The minimum atomic E-state index is -1.26. The lowest BCUT2D eigenvalue weighted by Crippen LogP contribution is -2.00. The zero-order valence-corrected chi connectivity index (χ0v) is 10.9. The van der Waals surface area contributed by atoms with Crippen LogP contribution >= 0.6 is 23.1 Å². The van der Waals surface area contributed by atoms with E-state index in [1.807, 2.05) is 0 Å². The molecule has 0 amide bonds. The number of carbonyl (C=O) groups is 2. The highest BCUT2D eigenvalue weighted by Crippen LogP contribution is 2.35. The molecule has 0 spiro atoms. The van der Waals surface area contributed by atoms with Crippen LogP contribution in [-0.4, -0.2) is 22.2 Å². The highest BCUT2D eigenvalue weighted by Gasteiger charge is 2.17. The molecule has 0 saturated heterocycles. The molecular weight excluding hydrogens is 291 g/mol. The smallest absolute Gasteiger partial charge is 0.337 e. The summed E-state index contributed by atoms with van der Waals surface area (Å²) < 4.78 is 13.0. The minimum absolute atomic E-state index is 0.107. The lowest BCUT2D eigenvalue weighted by molar-refractivity contribution is 0.0683. The fraction of sp³-hybridized carbons (Fsp3) is 0. The lowest BCUT2D eigenvalue weighted by Gasteiger charge is -2.05. The number of carboxylic acids is 2. The van der Waals surface area contributed by atoms with Gasteiger partial charge in [0.1, 0.15) is 5.82 Å². The van der Waals surface area contributed by atoms with E-state index in [4.69, 9.17) is 10.2 Å². The van der Waals surface area contributed by atoms with Crippen LogP contribution in [-0.2, 0) is 0 Å². The maximum Gasteiger partial charge on any atom is 0.337 e. The molecule has 1 aromatic carbocycles. The Morgan fingerprint density at radius 2 is 1.74 bits per heavy atom. The topological polar surface area (TPSA) is 74.6 Å². The average Bonchev–Trinajstić information content (AvgIpc) is 2.79. The second-order valence-corrected chi connectivity index (χ2v) is 5.33. The van der Waals surface area contributed by atoms with Gasteiger partial charge in [-0.25, -0.2) is 14.0 Å². The van der Waals surface area contributed by atoms with Crippen LogP contribution in [0.25, 0.3) is 0 Å². The Labute approximate surface area is 115 Å². The number of thiophene rings is 1. The first-order chi connectivity index (χ1) is 8.99. The van der Waals surface area contributed by atoms with E-state index in [1.54, 1.807) is 5.38 Å². The van der Waals surface area contributed by atoms with Gasteiger partial charge in [-0.3, -0.25) is 0 Å². The summed E-state index contributed by atoms with van der Waals surface area (Å²) >= 11 is 2.20. The predicted molar refractivity (Wildman–Crippen MR) is 68.8 cm³/mol. The third-order valence-electron chi connectivity index (χ3n) is 2.25. The van der Waals surface area contributed by atoms with E-state index in [9.17, 15) is 14.0 Å². The molecule has 1 aromatic heterocycles. The molecule has 98 valence electrons. The van der Waals surface area contributed by atoms with Crippen LogP contribution in [0.15, 0.2) is 38.8 Å². The van der Waals surface area contributed by atoms with Crippen molar-refractivity contribution in [2.45, 2.75) is 9.79 Å². The molecule has 0 fully saturated rings. The van der Waals surface area contributed by atoms with Crippen LogP contribution < -0.4 is 0 Å². The Kier molecular flexibility index (Phi) is 3.87. The summed E-state index contributed by atoms with van der Waals surface area (Å²) in [6, 6.07) is 3.38. The van der Waals surface area contributed by atoms with E-state index in [0.717, 1.165) is 23.9 Å². The molecule has 2 rings (SSSR count). The summed E-state index contributed by atoms with van der Waals surface area (Å²) in [7, 11) is 0. The molecule has 0 aliphatic rings. The van der Waals surface area contributed by atoms with Crippen molar-refractivity contribution in [3.8, 4) is 0 Å². The predicted octanol–water partition coefficient (Wildman–Crippen LogP) is 3.43. The van der Waals surface area contributed by atoms with Gasteiger partial charge in [0, 0.05) is 20.6 Å². The van der Waals surface area contributed by atoms with Gasteiger partial charge in [0.15, 0.2) is 0 Å². The van der Waals surface area contributed by atoms with E-state index in [2.05, 4.69) is 0 Å². The fourth-order valence-electron chi connectivity index (χ4n) is 1.40. The Bertz CT molecular complexity index is 651. The molecule has 2 N–H and O–H groups in total. The van der Waals surface area contributed by atoms with E-state index in [-0.39, 0.29) is 11.1 Å². The maximum atomic E-state index is 13.0. The maximum absolute atomic E-state index is 13.0. The molecule has 19 heavy (non-hydrogen) atoms.